The predicted octanol–water partition coefficient (Wildman–Crippen LogP) is 8.53. The van der Waals surface area contributed by atoms with E-state index in [4.69, 9.17) is 0 Å². The van der Waals surface area contributed by atoms with Crippen molar-refractivity contribution in [2.75, 3.05) is 0 Å². The molecule has 3 atom stereocenters. The van der Waals surface area contributed by atoms with Crippen LogP contribution in [-0.2, 0) is 0 Å². The van der Waals surface area contributed by atoms with E-state index in [0.29, 0.717) is 3.93 Å². The monoisotopic (exact) mass is 498 g/mol. The maximum absolute atomic E-state index is 12.1. The molecule has 1 nitrogen and oxygen atoms in total. The average Bonchev–Trinajstić information content (AvgIpc) is 2.64. The molecule has 0 spiro atoms. The standard InChI is InChI=1S/C14H23O.3C4H9.Sn/c1-7-13(6)9-8-12(4,5)10-14(13,15)11(2)3;3*1-3-4-2;/h7,9,15H,1-2,8,10H2,3-6H3;3*1,3-4H2,2H3;/t13-,14-;;;;/m0..../s1. The molecule has 164 valence electrons. The van der Waals surface area contributed by atoms with Crippen molar-refractivity contribution < 1.29 is 5.11 Å². The second-order valence-corrected chi connectivity index (χ2v) is 24.9. The third-order valence-corrected chi connectivity index (χ3v) is 26.1. The number of rotatable bonds is 12. The van der Waals surface area contributed by atoms with Crippen molar-refractivity contribution in [3.05, 3.63) is 24.8 Å². The molecular formula is C26H50OSn. The summed E-state index contributed by atoms with van der Waals surface area (Å²) in [6.07, 6.45) is 12.2. The van der Waals surface area contributed by atoms with Crippen LogP contribution in [0, 0.1) is 10.8 Å². The van der Waals surface area contributed by atoms with Crippen LogP contribution >= 0.6 is 0 Å². The number of unbranched alkanes of at least 4 members (excludes halogenated alkanes) is 3. The summed E-state index contributed by atoms with van der Waals surface area (Å²) in [5.41, 5.74) is 0.0378. The molecule has 0 amide bonds. The summed E-state index contributed by atoms with van der Waals surface area (Å²) in [5.74, 6) is 0. The molecule has 1 N–H and O–H groups in total. The summed E-state index contributed by atoms with van der Waals surface area (Å²) < 4.78 is 5.11. The topological polar surface area (TPSA) is 20.2 Å². The Morgan fingerprint density at radius 1 is 1.00 bits per heavy atom. The zero-order valence-electron chi connectivity index (χ0n) is 20.3. The molecule has 1 aliphatic carbocycles. The van der Waals surface area contributed by atoms with Crippen LogP contribution in [0.3, 0.4) is 0 Å². The van der Waals surface area contributed by atoms with Gasteiger partial charge in [-0.3, -0.25) is 0 Å². The molecule has 28 heavy (non-hydrogen) atoms. The van der Waals surface area contributed by atoms with E-state index in [1.54, 1.807) is 0 Å². The van der Waals surface area contributed by atoms with Gasteiger partial charge in [0.1, 0.15) is 0 Å². The van der Waals surface area contributed by atoms with Gasteiger partial charge < -0.3 is 0 Å². The van der Waals surface area contributed by atoms with Crippen LogP contribution in [0.1, 0.15) is 99.8 Å². The van der Waals surface area contributed by atoms with Gasteiger partial charge in [-0.2, -0.15) is 0 Å². The minimum absolute atomic E-state index is 0.160. The van der Waals surface area contributed by atoms with Gasteiger partial charge in [0.05, 0.1) is 0 Å². The third-order valence-electron chi connectivity index (χ3n) is 8.06. The molecule has 0 aromatic carbocycles. The van der Waals surface area contributed by atoms with Crippen LogP contribution in [0.15, 0.2) is 24.8 Å². The Morgan fingerprint density at radius 2 is 1.43 bits per heavy atom. The molecule has 1 aliphatic rings. The fraction of sp³-hybridized carbons (Fsp3) is 0.846. The Kier molecular flexibility index (Phi) is 9.86. The minimum atomic E-state index is -2.58. The first-order valence-corrected chi connectivity index (χ1v) is 19.7. The van der Waals surface area contributed by atoms with E-state index in [1.807, 2.05) is 6.92 Å². The molecule has 2 heteroatoms. The summed E-state index contributed by atoms with van der Waals surface area (Å²) in [7, 11) is 0. The molecule has 0 heterocycles. The van der Waals surface area contributed by atoms with Crippen LogP contribution in [0.4, 0.5) is 0 Å². The van der Waals surface area contributed by atoms with Crippen molar-refractivity contribution >= 4 is 18.4 Å². The third kappa shape index (κ3) is 5.28. The van der Waals surface area contributed by atoms with Gasteiger partial charge in [-0.25, -0.2) is 0 Å². The summed E-state index contributed by atoms with van der Waals surface area (Å²) >= 11 is -2.58. The molecule has 0 radical (unpaired) electrons. The van der Waals surface area contributed by atoms with Gasteiger partial charge in [0.2, 0.25) is 0 Å². The first kappa shape index (κ1) is 26.3. The van der Waals surface area contributed by atoms with Crippen molar-refractivity contribution in [2.45, 2.75) is 123 Å². The molecule has 0 saturated heterocycles. The van der Waals surface area contributed by atoms with Crippen LogP contribution in [0.5, 0.6) is 0 Å². The number of hydrogen-bond acceptors (Lipinski definition) is 1. The first-order chi connectivity index (χ1) is 13.0. The van der Waals surface area contributed by atoms with Gasteiger partial charge in [0.15, 0.2) is 0 Å². The van der Waals surface area contributed by atoms with Crippen LogP contribution < -0.4 is 0 Å². The van der Waals surface area contributed by atoms with Gasteiger partial charge in [-0.1, -0.05) is 0 Å². The molecule has 0 aliphatic heterocycles. The summed E-state index contributed by atoms with van der Waals surface area (Å²) in [5, 5.41) is 12.1. The number of hydrogen-bond donors (Lipinski definition) is 1. The molecule has 1 fully saturated rings. The second kappa shape index (κ2) is 10.5. The van der Waals surface area contributed by atoms with E-state index in [1.165, 1.54) is 58.3 Å². The fourth-order valence-electron chi connectivity index (χ4n) is 6.27. The van der Waals surface area contributed by atoms with Gasteiger partial charge in [0, 0.05) is 0 Å². The zero-order chi connectivity index (χ0) is 21.6. The molecule has 0 bridgehead atoms. The van der Waals surface area contributed by atoms with E-state index in [9.17, 15) is 5.11 Å². The van der Waals surface area contributed by atoms with Gasteiger partial charge in [-0.15, -0.1) is 0 Å². The van der Waals surface area contributed by atoms with Crippen molar-refractivity contribution in [3.8, 4) is 0 Å². The van der Waals surface area contributed by atoms with Gasteiger partial charge >= 0.3 is 182 Å². The number of aliphatic hydroxyl groups is 1. The van der Waals surface area contributed by atoms with E-state index >= 15 is 0 Å². The normalized spacial score (nSPS) is 30.2. The fourth-order valence-corrected chi connectivity index (χ4v) is 27.9. The van der Waals surface area contributed by atoms with E-state index < -0.39 is 24.0 Å². The first-order valence-electron chi connectivity index (χ1n) is 12.0. The predicted molar refractivity (Wildman–Crippen MR) is 130 cm³/mol. The van der Waals surface area contributed by atoms with Crippen molar-refractivity contribution in [2.24, 2.45) is 10.8 Å². The van der Waals surface area contributed by atoms with Crippen molar-refractivity contribution in [1.29, 1.82) is 0 Å². The average molecular weight is 497 g/mol. The Labute approximate surface area is 181 Å². The molecule has 0 aromatic rings. The Bertz CT molecular complexity index is 501. The Morgan fingerprint density at radius 3 is 1.75 bits per heavy atom. The molecule has 1 saturated carbocycles. The molecular weight excluding hydrogens is 447 g/mol. The molecule has 0 aromatic heterocycles. The summed E-state index contributed by atoms with van der Waals surface area (Å²) in [4.78, 5) is 0. The van der Waals surface area contributed by atoms with Crippen molar-refractivity contribution in [1.82, 2.24) is 0 Å². The molecule has 0 unspecified atom stereocenters. The summed E-state index contributed by atoms with van der Waals surface area (Å²) in [6.45, 7) is 24.8. The Hall–Kier alpha value is 0.239. The van der Waals surface area contributed by atoms with E-state index in [-0.39, 0.29) is 10.8 Å². The molecule has 1 rings (SSSR count). The van der Waals surface area contributed by atoms with Crippen LogP contribution in [0.25, 0.3) is 0 Å². The quantitative estimate of drug-likeness (QED) is 0.212. The van der Waals surface area contributed by atoms with Gasteiger partial charge in [-0.05, 0) is 0 Å². The Balaban J connectivity index is 3.62. The van der Waals surface area contributed by atoms with Crippen molar-refractivity contribution in [3.63, 3.8) is 0 Å². The summed E-state index contributed by atoms with van der Waals surface area (Å²) in [6, 6.07) is 0. The van der Waals surface area contributed by atoms with Gasteiger partial charge in [0.25, 0.3) is 0 Å². The van der Waals surface area contributed by atoms with E-state index in [2.05, 4.69) is 60.8 Å². The zero-order valence-corrected chi connectivity index (χ0v) is 23.1. The SMILES string of the molecule is C=C[C@@]1(C)[C@H]([Sn]([CH2]CCC)([CH2]CCC)[CH2]CCC)CC(C)(C)C[C@]1(O)C(=C)C. The van der Waals surface area contributed by atoms with Crippen LogP contribution in [-0.4, -0.2) is 29.1 Å². The second-order valence-electron chi connectivity index (χ2n) is 10.9. The van der Waals surface area contributed by atoms with Crippen LogP contribution in [0.2, 0.25) is 17.2 Å². The van der Waals surface area contributed by atoms with E-state index in [0.717, 1.165) is 12.0 Å². The maximum atomic E-state index is 12.1.